The van der Waals surface area contributed by atoms with Crippen LogP contribution >= 0.6 is 23.1 Å². The van der Waals surface area contributed by atoms with Gasteiger partial charge in [-0.25, -0.2) is 4.98 Å². The topological polar surface area (TPSA) is 80.0 Å². The summed E-state index contributed by atoms with van der Waals surface area (Å²) in [6.07, 6.45) is 7.88. The molecule has 1 saturated heterocycles. The number of hydrogen-bond acceptors (Lipinski definition) is 8. The Labute approximate surface area is 253 Å². The Balaban J connectivity index is 1.07. The summed E-state index contributed by atoms with van der Waals surface area (Å²) < 4.78 is 2.05. The summed E-state index contributed by atoms with van der Waals surface area (Å²) in [6, 6.07) is 22.5. The largest absolute Gasteiger partial charge is 0.335 e. The molecular weight excluding hydrogens is 563 g/mol. The van der Waals surface area contributed by atoms with Gasteiger partial charge in [-0.2, -0.15) is 0 Å². The van der Waals surface area contributed by atoms with Crippen molar-refractivity contribution in [2.24, 2.45) is 0 Å². The van der Waals surface area contributed by atoms with Crippen LogP contribution < -0.4 is 0 Å². The predicted octanol–water partition coefficient (Wildman–Crippen LogP) is 5.86. The van der Waals surface area contributed by atoms with Crippen LogP contribution in [-0.2, 0) is 5.75 Å². The van der Waals surface area contributed by atoms with Gasteiger partial charge >= 0.3 is 0 Å². The second-order valence-electron chi connectivity index (χ2n) is 10.0. The second kappa shape index (κ2) is 13.2. The minimum Gasteiger partial charge on any atom is -0.335 e. The monoisotopic (exact) mass is 593 g/mol. The van der Waals surface area contributed by atoms with Crippen molar-refractivity contribution in [2.75, 3.05) is 32.7 Å². The van der Waals surface area contributed by atoms with E-state index in [1.54, 1.807) is 24.2 Å². The van der Waals surface area contributed by atoms with Crippen molar-refractivity contribution in [2.45, 2.75) is 17.8 Å². The minimum atomic E-state index is 0.00339. The van der Waals surface area contributed by atoms with E-state index in [0.717, 1.165) is 46.9 Å². The summed E-state index contributed by atoms with van der Waals surface area (Å²) in [5.74, 6) is 1.33. The Kier molecular flexibility index (Phi) is 8.83. The molecule has 5 aromatic rings. The molecule has 0 bridgehead atoms. The summed E-state index contributed by atoms with van der Waals surface area (Å²) in [4.78, 5) is 26.5. The quantitative estimate of drug-likeness (QED) is 0.198. The van der Waals surface area contributed by atoms with Gasteiger partial charge in [0.1, 0.15) is 10.7 Å². The maximum Gasteiger partial charge on any atom is 0.273 e. The normalized spacial score (nSPS) is 14.1. The zero-order valence-electron chi connectivity index (χ0n) is 23.3. The third-order valence-corrected chi connectivity index (χ3v) is 9.05. The van der Waals surface area contributed by atoms with Crippen molar-refractivity contribution in [1.29, 1.82) is 0 Å². The van der Waals surface area contributed by atoms with Gasteiger partial charge in [-0.05, 0) is 36.8 Å². The van der Waals surface area contributed by atoms with E-state index in [1.807, 2.05) is 40.6 Å². The van der Waals surface area contributed by atoms with Gasteiger partial charge in [-0.3, -0.25) is 19.2 Å². The van der Waals surface area contributed by atoms with E-state index in [1.165, 1.54) is 22.5 Å². The Morgan fingerprint density at radius 1 is 0.976 bits per heavy atom. The van der Waals surface area contributed by atoms with Gasteiger partial charge in [0.25, 0.3) is 5.91 Å². The lowest BCUT2D eigenvalue weighted by Gasteiger charge is -2.33. The highest BCUT2D eigenvalue weighted by molar-refractivity contribution is 7.98. The highest BCUT2D eigenvalue weighted by atomic mass is 32.2. The fraction of sp³-hybridized carbons (Fsp3) is 0.219. The van der Waals surface area contributed by atoms with Crippen molar-refractivity contribution >= 4 is 35.1 Å². The lowest BCUT2D eigenvalue weighted by Crippen LogP contribution is -2.48. The first-order chi connectivity index (χ1) is 20.6. The van der Waals surface area contributed by atoms with E-state index < -0.39 is 0 Å². The van der Waals surface area contributed by atoms with Gasteiger partial charge in [0.15, 0.2) is 11.0 Å². The van der Waals surface area contributed by atoms with Crippen LogP contribution in [-0.4, -0.2) is 73.2 Å². The lowest BCUT2D eigenvalue weighted by atomic mass is 10.2. The van der Waals surface area contributed by atoms with Crippen molar-refractivity contribution in [3.63, 3.8) is 0 Å². The maximum atomic E-state index is 13.2. The number of carbonyl (C=O) groups is 1. The summed E-state index contributed by atoms with van der Waals surface area (Å²) >= 11 is 3.07. The minimum absolute atomic E-state index is 0.00339. The molecule has 0 spiro atoms. The Hall–Kier alpha value is -4.12. The van der Waals surface area contributed by atoms with Gasteiger partial charge in [0.2, 0.25) is 0 Å². The molecule has 212 valence electrons. The second-order valence-corrected chi connectivity index (χ2v) is 11.9. The number of nitrogens with zero attached hydrogens (tertiary/aromatic N) is 7. The van der Waals surface area contributed by atoms with E-state index in [0.29, 0.717) is 24.5 Å². The average molecular weight is 594 g/mol. The standard InChI is InChI=1S/C32H31N7OS2/c1-24-11-13-27(14-12-24)39-30(26-10-5-15-33-21-26)35-36-32(39)42-23-29-34-28(22-41-29)31(40)38-19-17-37(18-20-38)16-6-9-25-7-3-2-4-8-25/h2-15,21-22H,16-20,23H2,1H3/b9-6+. The molecule has 1 amide bonds. The molecule has 0 atom stereocenters. The van der Waals surface area contributed by atoms with Gasteiger partial charge in [0, 0.05) is 61.7 Å². The van der Waals surface area contributed by atoms with E-state index in [-0.39, 0.29) is 5.91 Å². The number of aryl methyl sites for hydroxylation is 1. The summed E-state index contributed by atoms with van der Waals surface area (Å²) in [7, 11) is 0. The molecule has 8 nitrogen and oxygen atoms in total. The zero-order chi connectivity index (χ0) is 28.7. The smallest absolute Gasteiger partial charge is 0.273 e. The molecule has 0 unspecified atom stereocenters. The fourth-order valence-electron chi connectivity index (χ4n) is 4.77. The van der Waals surface area contributed by atoms with Gasteiger partial charge in [-0.15, -0.1) is 21.5 Å². The number of aromatic nitrogens is 5. The number of amides is 1. The highest BCUT2D eigenvalue weighted by Gasteiger charge is 2.24. The van der Waals surface area contributed by atoms with Crippen LogP contribution in [0.15, 0.2) is 95.7 Å². The van der Waals surface area contributed by atoms with E-state index in [9.17, 15) is 4.79 Å². The molecular formula is C32H31N7OS2. The number of thiazole rings is 1. The number of thioether (sulfide) groups is 1. The molecule has 0 saturated carbocycles. The van der Waals surface area contributed by atoms with Crippen LogP contribution in [0.25, 0.3) is 23.2 Å². The molecule has 1 fully saturated rings. The van der Waals surface area contributed by atoms with Crippen LogP contribution in [0.4, 0.5) is 0 Å². The number of carbonyl (C=O) groups excluding carboxylic acids is 1. The number of piperazine rings is 1. The van der Waals surface area contributed by atoms with Crippen LogP contribution in [0, 0.1) is 6.92 Å². The van der Waals surface area contributed by atoms with E-state index in [4.69, 9.17) is 4.98 Å². The molecule has 10 heteroatoms. The lowest BCUT2D eigenvalue weighted by molar-refractivity contribution is 0.0645. The van der Waals surface area contributed by atoms with Crippen molar-refractivity contribution in [3.05, 3.63) is 112 Å². The molecule has 0 radical (unpaired) electrons. The Bertz CT molecular complexity index is 1640. The molecule has 1 aliphatic heterocycles. The zero-order valence-corrected chi connectivity index (χ0v) is 25.0. The molecule has 6 rings (SSSR count). The van der Waals surface area contributed by atoms with Crippen LogP contribution in [0.5, 0.6) is 0 Å². The van der Waals surface area contributed by atoms with Crippen molar-refractivity contribution in [1.82, 2.24) is 34.5 Å². The molecule has 0 N–H and O–H groups in total. The van der Waals surface area contributed by atoms with Crippen LogP contribution in [0.2, 0.25) is 0 Å². The van der Waals surface area contributed by atoms with Crippen molar-refractivity contribution < 1.29 is 4.79 Å². The molecule has 1 aliphatic rings. The van der Waals surface area contributed by atoms with Crippen LogP contribution in [0.1, 0.15) is 26.6 Å². The van der Waals surface area contributed by atoms with E-state index >= 15 is 0 Å². The average Bonchev–Trinajstić information content (AvgIpc) is 3.69. The fourth-order valence-corrected chi connectivity index (χ4v) is 6.51. The first kappa shape index (κ1) is 28.0. The first-order valence-corrected chi connectivity index (χ1v) is 15.7. The Morgan fingerprint density at radius 3 is 2.55 bits per heavy atom. The number of pyridine rings is 1. The number of hydrogen-bond donors (Lipinski definition) is 0. The van der Waals surface area contributed by atoms with Gasteiger partial charge in [0.05, 0.1) is 5.75 Å². The first-order valence-electron chi connectivity index (χ1n) is 13.9. The molecule has 0 aliphatic carbocycles. The molecule has 4 heterocycles. The summed E-state index contributed by atoms with van der Waals surface area (Å²) in [6.45, 7) is 6.06. The third kappa shape index (κ3) is 6.67. The number of benzene rings is 2. The predicted molar refractivity (Wildman–Crippen MR) is 169 cm³/mol. The summed E-state index contributed by atoms with van der Waals surface area (Å²) in [5.41, 5.74) is 4.78. The SMILES string of the molecule is Cc1ccc(-n2c(SCc3nc(C(=O)N4CCN(C/C=C/c5ccccc5)CC4)cs3)nnc2-c2cccnc2)cc1. The van der Waals surface area contributed by atoms with Crippen LogP contribution in [0.3, 0.4) is 0 Å². The summed E-state index contributed by atoms with van der Waals surface area (Å²) in [5, 5.41) is 12.5. The van der Waals surface area contributed by atoms with Gasteiger partial charge in [-0.1, -0.05) is 71.9 Å². The van der Waals surface area contributed by atoms with Gasteiger partial charge < -0.3 is 4.90 Å². The molecule has 3 aromatic heterocycles. The van der Waals surface area contributed by atoms with E-state index in [2.05, 4.69) is 80.1 Å². The highest BCUT2D eigenvalue weighted by Crippen LogP contribution is 2.30. The number of rotatable bonds is 9. The van der Waals surface area contributed by atoms with Crippen molar-refractivity contribution in [3.8, 4) is 17.1 Å². The molecule has 2 aromatic carbocycles. The maximum absolute atomic E-state index is 13.2. The Morgan fingerprint density at radius 2 is 1.79 bits per heavy atom. The third-order valence-electron chi connectivity index (χ3n) is 7.07. The molecule has 42 heavy (non-hydrogen) atoms.